The molecule has 0 saturated heterocycles. The second-order valence-corrected chi connectivity index (χ2v) is 4.37. The molecule has 1 aromatic carbocycles. The Morgan fingerprint density at radius 1 is 1.44 bits per heavy atom. The summed E-state index contributed by atoms with van der Waals surface area (Å²) in [5, 5.41) is 11.6. The van der Waals surface area contributed by atoms with Crippen LogP contribution in [0.25, 0.3) is 0 Å². The predicted octanol–water partition coefficient (Wildman–Crippen LogP) is 1.73. The van der Waals surface area contributed by atoms with Gasteiger partial charge in [-0.25, -0.2) is 4.79 Å². The fourth-order valence-corrected chi connectivity index (χ4v) is 2.47. The van der Waals surface area contributed by atoms with E-state index in [-0.39, 0.29) is 18.4 Å². The number of carbonyl (C=O) groups excluding carboxylic acids is 1. The van der Waals surface area contributed by atoms with E-state index in [4.69, 9.17) is 5.11 Å². The molecule has 1 aliphatic rings. The Morgan fingerprint density at radius 3 is 2.83 bits per heavy atom. The molecule has 0 spiro atoms. The second kappa shape index (κ2) is 5.08. The SMILES string of the molecule is COC(=O)N[C@@H]1c2ccccc2C[C@@H]1CC(=O)O. The molecular weight excluding hydrogens is 234 g/mol. The van der Waals surface area contributed by atoms with Crippen LogP contribution in [0.4, 0.5) is 4.79 Å². The first-order valence-electron chi connectivity index (χ1n) is 5.76. The summed E-state index contributed by atoms with van der Waals surface area (Å²) < 4.78 is 4.58. The number of fused-ring (bicyclic) bond motifs is 1. The molecular formula is C13H15NO4. The van der Waals surface area contributed by atoms with Crippen molar-refractivity contribution in [1.82, 2.24) is 5.32 Å². The number of alkyl carbamates (subject to hydrolysis) is 1. The lowest BCUT2D eigenvalue weighted by Gasteiger charge is -2.19. The molecule has 2 N–H and O–H groups in total. The molecule has 0 aliphatic heterocycles. The molecule has 0 bridgehead atoms. The highest BCUT2D eigenvalue weighted by Crippen LogP contribution is 2.37. The number of carbonyl (C=O) groups is 2. The molecule has 0 aromatic heterocycles. The van der Waals surface area contributed by atoms with Crippen molar-refractivity contribution in [2.24, 2.45) is 5.92 Å². The van der Waals surface area contributed by atoms with Gasteiger partial charge in [0.2, 0.25) is 0 Å². The monoisotopic (exact) mass is 249 g/mol. The number of ether oxygens (including phenoxy) is 1. The van der Waals surface area contributed by atoms with Crippen LogP contribution in [0.3, 0.4) is 0 Å². The highest BCUT2D eigenvalue weighted by atomic mass is 16.5. The van der Waals surface area contributed by atoms with E-state index < -0.39 is 12.1 Å². The highest BCUT2D eigenvalue weighted by molar-refractivity contribution is 5.70. The quantitative estimate of drug-likeness (QED) is 0.855. The number of nitrogens with one attached hydrogen (secondary N) is 1. The van der Waals surface area contributed by atoms with E-state index in [1.165, 1.54) is 7.11 Å². The number of rotatable bonds is 3. The second-order valence-electron chi connectivity index (χ2n) is 4.37. The average Bonchev–Trinajstić information content (AvgIpc) is 2.66. The zero-order chi connectivity index (χ0) is 13.1. The summed E-state index contributed by atoms with van der Waals surface area (Å²) in [4.78, 5) is 22.2. The van der Waals surface area contributed by atoms with Crippen LogP contribution in [0.2, 0.25) is 0 Å². The first-order valence-corrected chi connectivity index (χ1v) is 5.76. The number of carboxylic acids is 1. The molecule has 5 heteroatoms. The molecule has 1 amide bonds. The van der Waals surface area contributed by atoms with E-state index in [0.717, 1.165) is 11.1 Å². The topological polar surface area (TPSA) is 75.6 Å². The summed E-state index contributed by atoms with van der Waals surface area (Å²) in [7, 11) is 1.29. The average molecular weight is 249 g/mol. The van der Waals surface area contributed by atoms with Crippen molar-refractivity contribution in [3.63, 3.8) is 0 Å². The maximum Gasteiger partial charge on any atom is 0.407 e. The molecule has 0 fully saturated rings. The van der Waals surface area contributed by atoms with Crippen LogP contribution >= 0.6 is 0 Å². The van der Waals surface area contributed by atoms with Gasteiger partial charge in [-0.15, -0.1) is 0 Å². The Labute approximate surface area is 105 Å². The minimum absolute atomic E-state index is 0.0311. The van der Waals surface area contributed by atoms with Crippen molar-refractivity contribution in [3.8, 4) is 0 Å². The van der Waals surface area contributed by atoms with Crippen LogP contribution < -0.4 is 5.32 Å². The number of carboxylic acid groups (broad SMARTS) is 1. The lowest BCUT2D eigenvalue weighted by Crippen LogP contribution is -2.32. The summed E-state index contributed by atoms with van der Waals surface area (Å²) in [6.07, 6.45) is 0.160. The van der Waals surface area contributed by atoms with Gasteiger partial charge in [0.1, 0.15) is 0 Å². The Hall–Kier alpha value is -2.04. The Morgan fingerprint density at radius 2 is 2.17 bits per heavy atom. The first-order chi connectivity index (χ1) is 8.61. The van der Waals surface area contributed by atoms with E-state index in [0.29, 0.717) is 6.42 Å². The van der Waals surface area contributed by atoms with Crippen molar-refractivity contribution in [2.75, 3.05) is 7.11 Å². The van der Waals surface area contributed by atoms with Crippen LogP contribution in [-0.4, -0.2) is 24.3 Å². The van der Waals surface area contributed by atoms with Crippen molar-refractivity contribution >= 4 is 12.1 Å². The highest BCUT2D eigenvalue weighted by Gasteiger charge is 2.34. The molecule has 5 nitrogen and oxygen atoms in total. The fraction of sp³-hybridized carbons (Fsp3) is 0.385. The molecule has 2 atom stereocenters. The molecule has 1 aliphatic carbocycles. The number of methoxy groups -OCH3 is 1. The van der Waals surface area contributed by atoms with Gasteiger partial charge in [0, 0.05) is 0 Å². The predicted molar refractivity (Wildman–Crippen MR) is 64.2 cm³/mol. The number of hydrogen-bond acceptors (Lipinski definition) is 3. The van der Waals surface area contributed by atoms with Gasteiger partial charge >= 0.3 is 12.1 Å². The summed E-state index contributed by atoms with van der Waals surface area (Å²) in [6, 6.07) is 7.39. The van der Waals surface area contributed by atoms with Crippen LogP contribution in [0.15, 0.2) is 24.3 Å². The van der Waals surface area contributed by atoms with Gasteiger partial charge < -0.3 is 15.2 Å². The largest absolute Gasteiger partial charge is 0.481 e. The third-order valence-corrected chi connectivity index (χ3v) is 3.24. The Balaban J connectivity index is 2.23. The molecule has 18 heavy (non-hydrogen) atoms. The van der Waals surface area contributed by atoms with Crippen LogP contribution in [0, 0.1) is 5.92 Å². The minimum atomic E-state index is -0.857. The first kappa shape index (κ1) is 12.4. The smallest absolute Gasteiger partial charge is 0.407 e. The van der Waals surface area contributed by atoms with Crippen molar-refractivity contribution in [1.29, 1.82) is 0 Å². The summed E-state index contributed by atoms with van der Waals surface area (Å²) >= 11 is 0. The molecule has 2 rings (SSSR count). The van der Waals surface area contributed by atoms with E-state index in [9.17, 15) is 9.59 Å². The van der Waals surface area contributed by atoms with Gasteiger partial charge in [-0.2, -0.15) is 0 Å². The zero-order valence-corrected chi connectivity index (χ0v) is 10.1. The van der Waals surface area contributed by atoms with Gasteiger partial charge in [0.15, 0.2) is 0 Å². The van der Waals surface area contributed by atoms with Gasteiger partial charge in [0.05, 0.1) is 19.6 Å². The van der Waals surface area contributed by atoms with Gasteiger partial charge in [-0.05, 0) is 23.5 Å². The van der Waals surface area contributed by atoms with Crippen molar-refractivity contribution < 1.29 is 19.4 Å². The zero-order valence-electron chi connectivity index (χ0n) is 10.1. The van der Waals surface area contributed by atoms with Crippen LogP contribution in [-0.2, 0) is 16.0 Å². The normalized spacial score (nSPS) is 21.2. The van der Waals surface area contributed by atoms with Gasteiger partial charge in [0.25, 0.3) is 0 Å². The maximum atomic E-state index is 11.3. The van der Waals surface area contributed by atoms with Gasteiger partial charge in [-0.3, -0.25) is 4.79 Å². The van der Waals surface area contributed by atoms with E-state index in [2.05, 4.69) is 10.1 Å². The lowest BCUT2D eigenvalue weighted by molar-refractivity contribution is -0.138. The summed E-state index contributed by atoms with van der Waals surface area (Å²) in [5.74, 6) is -0.983. The van der Waals surface area contributed by atoms with Crippen LogP contribution in [0.5, 0.6) is 0 Å². The lowest BCUT2D eigenvalue weighted by atomic mass is 9.97. The summed E-state index contributed by atoms with van der Waals surface area (Å²) in [6.45, 7) is 0. The Bertz CT molecular complexity index is 472. The molecule has 0 heterocycles. The Kier molecular flexibility index (Phi) is 3.50. The summed E-state index contributed by atoms with van der Waals surface area (Å²) in [5.41, 5.74) is 2.07. The number of benzene rings is 1. The van der Waals surface area contributed by atoms with E-state index >= 15 is 0 Å². The fourth-order valence-electron chi connectivity index (χ4n) is 2.47. The van der Waals surface area contributed by atoms with E-state index in [1.54, 1.807) is 0 Å². The van der Waals surface area contributed by atoms with Gasteiger partial charge in [-0.1, -0.05) is 24.3 Å². The molecule has 1 aromatic rings. The third kappa shape index (κ3) is 2.45. The third-order valence-electron chi connectivity index (χ3n) is 3.24. The van der Waals surface area contributed by atoms with Crippen molar-refractivity contribution in [3.05, 3.63) is 35.4 Å². The van der Waals surface area contributed by atoms with Crippen molar-refractivity contribution in [2.45, 2.75) is 18.9 Å². The number of amides is 1. The molecule has 96 valence electrons. The standard InChI is InChI=1S/C13H15NO4/c1-18-13(17)14-12-9(7-11(15)16)6-8-4-2-3-5-10(8)12/h2-5,9,12H,6-7H2,1H3,(H,14,17)(H,15,16)/t9-,12+/m1/s1. The molecule has 0 radical (unpaired) electrons. The number of aliphatic carboxylic acids is 1. The molecule has 0 saturated carbocycles. The maximum absolute atomic E-state index is 11.3. The van der Waals surface area contributed by atoms with E-state index in [1.807, 2.05) is 24.3 Å². The molecule has 0 unspecified atom stereocenters. The minimum Gasteiger partial charge on any atom is -0.481 e. The number of hydrogen-bond donors (Lipinski definition) is 2. The van der Waals surface area contributed by atoms with Crippen LogP contribution in [0.1, 0.15) is 23.6 Å².